The average Bonchev–Trinajstić information content (AvgIpc) is 3.12. The molecule has 0 saturated heterocycles. The molecule has 0 saturated carbocycles. The minimum atomic E-state index is 0.841. The van der Waals surface area contributed by atoms with Gasteiger partial charge in [0.2, 0.25) is 0 Å². The van der Waals surface area contributed by atoms with Crippen molar-refractivity contribution in [2.24, 2.45) is 0 Å². The van der Waals surface area contributed by atoms with E-state index < -0.39 is 0 Å². The van der Waals surface area contributed by atoms with Gasteiger partial charge in [0, 0.05) is 30.4 Å². The van der Waals surface area contributed by atoms with Gasteiger partial charge >= 0.3 is 0 Å². The van der Waals surface area contributed by atoms with Gasteiger partial charge in [0.15, 0.2) is 0 Å². The molecule has 0 aliphatic heterocycles. The third-order valence-corrected chi connectivity index (χ3v) is 3.81. The van der Waals surface area contributed by atoms with E-state index >= 15 is 0 Å². The summed E-state index contributed by atoms with van der Waals surface area (Å²) >= 11 is 1.78. The summed E-state index contributed by atoms with van der Waals surface area (Å²) in [6, 6.07) is 14.5. The van der Waals surface area contributed by atoms with Crippen LogP contribution in [0.5, 0.6) is 0 Å². The van der Waals surface area contributed by atoms with Crippen LogP contribution in [-0.4, -0.2) is 9.78 Å². The van der Waals surface area contributed by atoms with Crippen LogP contribution in [-0.2, 0) is 13.1 Å². The fraction of sp³-hybridized carbons (Fsp3) is 0.133. The second-order valence-corrected chi connectivity index (χ2v) is 5.29. The van der Waals surface area contributed by atoms with Crippen molar-refractivity contribution in [3.8, 4) is 5.69 Å². The number of benzene rings is 1. The van der Waals surface area contributed by atoms with E-state index in [1.165, 1.54) is 10.4 Å². The Morgan fingerprint density at radius 2 is 2.00 bits per heavy atom. The van der Waals surface area contributed by atoms with Crippen molar-refractivity contribution >= 4 is 11.3 Å². The maximum absolute atomic E-state index is 4.30. The molecule has 0 fully saturated rings. The third kappa shape index (κ3) is 2.92. The highest BCUT2D eigenvalue weighted by Crippen LogP contribution is 2.14. The van der Waals surface area contributed by atoms with Crippen LogP contribution in [0, 0.1) is 0 Å². The van der Waals surface area contributed by atoms with Crippen LogP contribution in [0.4, 0.5) is 0 Å². The van der Waals surface area contributed by atoms with Gasteiger partial charge in [0.1, 0.15) is 0 Å². The van der Waals surface area contributed by atoms with E-state index in [4.69, 9.17) is 0 Å². The summed E-state index contributed by atoms with van der Waals surface area (Å²) in [4.78, 5) is 1.36. The molecule has 0 spiro atoms. The molecule has 1 N–H and O–H groups in total. The number of hydrogen-bond donors (Lipinski definition) is 1. The van der Waals surface area contributed by atoms with Crippen LogP contribution in [0.2, 0.25) is 0 Å². The van der Waals surface area contributed by atoms with E-state index in [0.717, 1.165) is 18.8 Å². The van der Waals surface area contributed by atoms with Gasteiger partial charge in [0.25, 0.3) is 0 Å². The minimum Gasteiger partial charge on any atom is -0.308 e. The molecule has 0 aliphatic carbocycles. The zero-order chi connectivity index (χ0) is 12.9. The lowest BCUT2D eigenvalue weighted by atomic mass is 10.2. The van der Waals surface area contributed by atoms with Crippen LogP contribution in [0.15, 0.2) is 60.2 Å². The monoisotopic (exact) mass is 269 g/mol. The number of rotatable bonds is 5. The van der Waals surface area contributed by atoms with Gasteiger partial charge < -0.3 is 5.32 Å². The van der Waals surface area contributed by atoms with Crippen LogP contribution in [0.25, 0.3) is 5.69 Å². The van der Waals surface area contributed by atoms with Gasteiger partial charge in [-0.2, -0.15) is 5.10 Å². The molecule has 19 heavy (non-hydrogen) atoms. The van der Waals surface area contributed by atoms with Gasteiger partial charge in [-0.3, -0.25) is 0 Å². The molecule has 3 aromatic rings. The van der Waals surface area contributed by atoms with E-state index in [1.807, 2.05) is 23.0 Å². The fourth-order valence-electron chi connectivity index (χ4n) is 2.03. The summed E-state index contributed by atoms with van der Waals surface area (Å²) in [7, 11) is 0. The van der Waals surface area contributed by atoms with Gasteiger partial charge in [-0.05, 0) is 29.1 Å². The lowest BCUT2D eigenvalue weighted by Crippen LogP contribution is -2.13. The second-order valence-electron chi connectivity index (χ2n) is 4.26. The topological polar surface area (TPSA) is 29.9 Å². The highest BCUT2D eigenvalue weighted by Gasteiger charge is 2.03. The van der Waals surface area contributed by atoms with Crippen molar-refractivity contribution in [1.29, 1.82) is 0 Å². The molecule has 2 aromatic heterocycles. The molecule has 0 atom stereocenters. The number of nitrogens with zero attached hydrogens (tertiary/aromatic N) is 2. The Hall–Kier alpha value is -1.91. The molecule has 3 rings (SSSR count). The van der Waals surface area contributed by atoms with Crippen molar-refractivity contribution in [3.63, 3.8) is 0 Å². The van der Waals surface area contributed by atoms with E-state index in [2.05, 4.69) is 46.1 Å². The van der Waals surface area contributed by atoms with Crippen LogP contribution >= 0.6 is 11.3 Å². The first-order valence-electron chi connectivity index (χ1n) is 6.24. The summed E-state index contributed by atoms with van der Waals surface area (Å²) in [5.74, 6) is 0. The Morgan fingerprint density at radius 3 is 2.79 bits per heavy atom. The standard InChI is InChI=1S/C15H15N3S/c1-2-7-15(18-9-4-8-17-18)13(5-1)11-16-12-14-6-3-10-19-14/h1-10,16H,11-12H2. The summed E-state index contributed by atoms with van der Waals surface area (Å²) in [5, 5.41) is 9.88. The Bertz CT molecular complexity index is 615. The Labute approximate surface area is 116 Å². The van der Waals surface area contributed by atoms with Crippen molar-refractivity contribution in [1.82, 2.24) is 15.1 Å². The molecular formula is C15H15N3S. The lowest BCUT2D eigenvalue weighted by molar-refractivity contribution is 0.693. The van der Waals surface area contributed by atoms with Crippen LogP contribution < -0.4 is 5.32 Å². The molecule has 96 valence electrons. The van der Waals surface area contributed by atoms with Crippen molar-refractivity contribution in [2.75, 3.05) is 0 Å². The number of nitrogens with one attached hydrogen (secondary N) is 1. The molecule has 0 bridgehead atoms. The van der Waals surface area contributed by atoms with E-state index in [9.17, 15) is 0 Å². The summed E-state index contributed by atoms with van der Waals surface area (Å²) < 4.78 is 1.90. The van der Waals surface area contributed by atoms with E-state index in [1.54, 1.807) is 17.5 Å². The first-order valence-corrected chi connectivity index (χ1v) is 7.12. The quantitative estimate of drug-likeness (QED) is 0.770. The van der Waals surface area contributed by atoms with Gasteiger partial charge in [-0.15, -0.1) is 11.3 Å². The normalized spacial score (nSPS) is 10.7. The summed E-state index contributed by atoms with van der Waals surface area (Å²) in [5.41, 5.74) is 2.38. The minimum absolute atomic E-state index is 0.841. The molecule has 0 aliphatic rings. The largest absolute Gasteiger partial charge is 0.308 e. The summed E-state index contributed by atoms with van der Waals surface area (Å²) in [6.45, 7) is 1.75. The SMILES string of the molecule is c1csc(CNCc2ccccc2-n2cccn2)c1. The van der Waals surface area contributed by atoms with Crippen molar-refractivity contribution in [2.45, 2.75) is 13.1 Å². The summed E-state index contributed by atoms with van der Waals surface area (Å²) in [6.07, 6.45) is 3.77. The first-order chi connectivity index (χ1) is 9.43. The van der Waals surface area contributed by atoms with Crippen molar-refractivity contribution < 1.29 is 0 Å². The number of thiophene rings is 1. The van der Waals surface area contributed by atoms with E-state index in [0.29, 0.717) is 0 Å². The number of aromatic nitrogens is 2. The predicted molar refractivity (Wildman–Crippen MR) is 78.4 cm³/mol. The molecular weight excluding hydrogens is 254 g/mol. The van der Waals surface area contributed by atoms with E-state index in [-0.39, 0.29) is 0 Å². The highest BCUT2D eigenvalue weighted by molar-refractivity contribution is 7.09. The lowest BCUT2D eigenvalue weighted by Gasteiger charge is -2.10. The maximum atomic E-state index is 4.30. The number of para-hydroxylation sites is 1. The fourth-order valence-corrected chi connectivity index (χ4v) is 2.70. The number of hydrogen-bond acceptors (Lipinski definition) is 3. The van der Waals surface area contributed by atoms with Crippen LogP contribution in [0.1, 0.15) is 10.4 Å². The predicted octanol–water partition coefficient (Wildman–Crippen LogP) is 3.22. The Kier molecular flexibility index (Phi) is 3.72. The molecule has 0 unspecified atom stereocenters. The smallest absolute Gasteiger partial charge is 0.0690 e. The molecule has 0 radical (unpaired) electrons. The Balaban J connectivity index is 1.71. The molecule has 2 heterocycles. The molecule has 3 nitrogen and oxygen atoms in total. The van der Waals surface area contributed by atoms with Gasteiger partial charge in [-0.1, -0.05) is 24.3 Å². The highest BCUT2D eigenvalue weighted by atomic mass is 32.1. The molecule has 1 aromatic carbocycles. The molecule has 4 heteroatoms. The van der Waals surface area contributed by atoms with Gasteiger partial charge in [-0.25, -0.2) is 4.68 Å². The zero-order valence-electron chi connectivity index (χ0n) is 10.5. The second kappa shape index (κ2) is 5.82. The first kappa shape index (κ1) is 12.1. The van der Waals surface area contributed by atoms with Crippen molar-refractivity contribution in [3.05, 3.63) is 70.7 Å². The third-order valence-electron chi connectivity index (χ3n) is 2.94. The molecule has 0 amide bonds. The van der Waals surface area contributed by atoms with Gasteiger partial charge in [0.05, 0.1) is 5.69 Å². The Morgan fingerprint density at radius 1 is 1.05 bits per heavy atom. The maximum Gasteiger partial charge on any atom is 0.0690 e. The van der Waals surface area contributed by atoms with Crippen LogP contribution in [0.3, 0.4) is 0 Å². The average molecular weight is 269 g/mol. The zero-order valence-corrected chi connectivity index (χ0v) is 11.3.